The molecule has 0 aliphatic carbocycles. The van der Waals surface area contributed by atoms with E-state index in [1.807, 2.05) is 30.9 Å². The van der Waals surface area contributed by atoms with Crippen molar-refractivity contribution in [3.63, 3.8) is 0 Å². The zero-order valence-electron chi connectivity index (χ0n) is 16.9. The minimum absolute atomic E-state index is 0.0726. The van der Waals surface area contributed by atoms with E-state index in [1.165, 1.54) is 10.5 Å². The first kappa shape index (κ1) is 20.4. The summed E-state index contributed by atoms with van der Waals surface area (Å²) in [4.78, 5) is 26.6. The number of aliphatic carboxylic acids is 1. The molecule has 1 unspecified atom stereocenters. The van der Waals surface area contributed by atoms with Gasteiger partial charge in [-0.25, -0.2) is 9.36 Å². The van der Waals surface area contributed by atoms with Crippen molar-refractivity contribution < 1.29 is 24.4 Å². The van der Waals surface area contributed by atoms with Crippen molar-refractivity contribution in [2.24, 2.45) is 18.9 Å². The lowest BCUT2D eigenvalue weighted by atomic mass is 9.79. The lowest BCUT2D eigenvalue weighted by Crippen LogP contribution is -2.63. The summed E-state index contributed by atoms with van der Waals surface area (Å²) in [6, 6.07) is 4.36. The fraction of sp³-hybridized carbons (Fsp3) is 0.571. The largest absolute Gasteiger partial charge is 0.477 e. The summed E-state index contributed by atoms with van der Waals surface area (Å²) in [5, 5.41) is 23.6. The Balaban J connectivity index is 1.45. The Kier molecular flexibility index (Phi) is 5.44. The summed E-state index contributed by atoms with van der Waals surface area (Å²) in [6.45, 7) is 4.40. The molecule has 0 bridgehead atoms. The number of carbonyl (C=O) groups is 2. The SMILES string of the molecule is C[C@@H](O)[C@H]1C(=O)N2C(C(=O)O)=C(S[C@H]3CNC(Cc4cc[n+](C)cc4)C3)[C@H](C)[C@H]12. The molecule has 6 atom stereocenters. The first-order chi connectivity index (χ1) is 13.8. The normalized spacial score (nSPS) is 32.3. The van der Waals surface area contributed by atoms with Crippen LogP contribution in [0.3, 0.4) is 0 Å². The molecule has 7 nitrogen and oxygen atoms in total. The number of rotatable bonds is 6. The van der Waals surface area contributed by atoms with Crippen LogP contribution < -0.4 is 9.88 Å². The van der Waals surface area contributed by atoms with Gasteiger partial charge in [0.2, 0.25) is 5.91 Å². The van der Waals surface area contributed by atoms with Gasteiger partial charge in [-0.2, -0.15) is 0 Å². The predicted molar refractivity (Wildman–Crippen MR) is 109 cm³/mol. The molecule has 2 fully saturated rings. The van der Waals surface area contributed by atoms with Gasteiger partial charge < -0.3 is 20.4 Å². The van der Waals surface area contributed by atoms with Crippen molar-refractivity contribution in [3.05, 3.63) is 40.7 Å². The third-order valence-corrected chi connectivity index (χ3v) is 7.83. The van der Waals surface area contributed by atoms with E-state index in [1.54, 1.807) is 18.7 Å². The van der Waals surface area contributed by atoms with Crippen LogP contribution in [0.1, 0.15) is 25.8 Å². The van der Waals surface area contributed by atoms with E-state index in [0.29, 0.717) is 6.04 Å². The van der Waals surface area contributed by atoms with E-state index in [2.05, 4.69) is 17.4 Å². The van der Waals surface area contributed by atoms with E-state index >= 15 is 0 Å². The minimum Gasteiger partial charge on any atom is -0.477 e. The molecule has 1 aromatic heterocycles. The lowest BCUT2D eigenvalue weighted by Gasteiger charge is -2.46. The average Bonchev–Trinajstić information content (AvgIpc) is 3.18. The van der Waals surface area contributed by atoms with E-state index in [0.717, 1.165) is 24.3 Å². The first-order valence-electron chi connectivity index (χ1n) is 10.1. The molecule has 0 saturated carbocycles. The zero-order chi connectivity index (χ0) is 20.9. The van der Waals surface area contributed by atoms with Gasteiger partial charge in [-0.15, -0.1) is 11.8 Å². The average molecular weight is 419 g/mol. The molecule has 4 heterocycles. The summed E-state index contributed by atoms with van der Waals surface area (Å²) in [7, 11) is 2.00. The fourth-order valence-corrected chi connectivity index (χ4v) is 6.36. The number of carboxylic acids is 1. The standard InChI is InChI=1S/C21H27N3O4S/c1-11-17-16(12(2)25)20(26)24(17)18(21(27)28)19(11)29-15-9-14(22-10-15)8-13-4-6-23(3)7-5-13/h4-7,11-12,14-17,22,25H,8-10H2,1-3H3/p+1/t11-,12-,14?,15-,16-,17-/m1/s1. The summed E-state index contributed by atoms with van der Waals surface area (Å²) in [6.07, 6.45) is 5.21. The number of amides is 1. The highest BCUT2D eigenvalue weighted by molar-refractivity contribution is 8.03. The quantitative estimate of drug-likeness (QED) is 0.465. The highest BCUT2D eigenvalue weighted by atomic mass is 32.2. The second-order valence-electron chi connectivity index (χ2n) is 8.43. The molecule has 3 aliphatic rings. The number of nitrogens with one attached hydrogen (secondary N) is 1. The number of pyridine rings is 1. The first-order valence-corrected chi connectivity index (χ1v) is 11.0. The molecule has 0 aromatic carbocycles. The Hall–Kier alpha value is -1.90. The number of hydrogen-bond donors (Lipinski definition) is 3. The Morgan fingerprint density at radius 3 is 2.72 bits per heavy atom. The van der Waals surface area contributed by atoms with Gasteiger partial charge in [-0.1, -0.05) is 6.92 Å². The van der Waals surface area contributed by atoms with Crippen LogP contribution in [0.2, 0.25) is 0 Å². The Morgan fingerprint density at radius 1 is 1.41 bits per heavy atom. The molecule has 0 radical (unpaired) electrons. The van der Waals surface area contributed by atoms with Crippen LogP contribution in [0.4, 0.5) is 0 Å². The summed E-state index contributed by atoms with van der Waals surface area (Å²) < 4.78 is 2.01. The van der Waals surface area contributed by atoms with Gasteiger partial charge in [0.05, 0.1) is 18.1 Å². The lowest BCUT2D eigenvalue weighted by molar-refractivity contribution is -0.671. The number of thioether (sulfide) groups is 1. The molecular formula is C21H28N3O4S+. The van der Waals surface area contributed by atoms with Crippen molar-refractivity contribution >= 4 is 23.6 Å². The topological polar surface area (TPSA) is 93.8 Å². The van der Waals surface area contributed by atoms with Gasteiger partial charge in [0.15, 0.2) is 12.4 Å². The van der Waals surface area contributed by atoms with Crippen LogP contribution >= 0.6 is 11.8 Å². The molecule has 156 valence electrons. The van der Waals surface area contributed by atoms with E-state index in [4.69, 9.17) is 0 Å². The van der Waals surface area contributed by atoms with Crippen molar-refractivity contribution in [2.75, 3.05) is 6.54 Å². The van der Waals surface area contributed by atoms with E-state index < -0.39 is 18.0 Å². The van der Waals surface area contributed by atoms with Crippen molar-refractivity contribution in [2.45, 2.75) is 50.1 Å². The van der Waals surface area contributed by atoms with Gasteiger partial charge in [0.1, 0.15) is 12.7 Å². The number of fused-ring (bicyclic) bond motifs is 1. The summed E-state index contributed by atoms with van der Waals surface area (Å²) in [5.74, 6) is -1.91. The maximum Gasteiger partial charge on any atom is 0.353 e. The van der Waals surface area contributed by atoms with Crippen LogP contribution in [0.5, 0.6) is 0 Å². The predicted octanol–water partition coefficient (Wildman–Crippen LogP) is 0.671. The summed E-state index contributed by atoms with van der Waals surface area (Å²) in [5.41, 5.74) is 1.40. The Morgan fingerprint density at radius 2 is 2.10 bits per heavy atom. The number of carbonyl (C=O) groups excluding carboxylic acids is 1. The molecule has 29 heavy (non-hydrogen) atoms. The minimum atomic E-state index is -1.06. The van der Waals surface area contributed by atoms with Crippen molar-refractivity contribution in [1.82, 2.24) is 10.2 Å². The van der Waals surface area contributed by atoms with Crippen molar-refractivity contribution in [1.29, 1.82) is 0 Å². The van der Waals surface area contributed by atoms with Gasteiger partial charge in [0.25, 0.3) is 0 Å². The number of nitrogens with zero attached hydrogens (tertiary/aromatic N) is 2. The van der Waals surface area contributed by atoms with Crippen LogP contribution in [0, 0.1) is 11.8 Å². The number of aliphatic hydroxyl groups is 1. The van der Waals surface area contributed by atoms with Gasteiger partial charge in [-0.3, -0.25) is 4.79 Å². The molecule has 3 aliphatic heterocycles. The summed E-state index contributed by atoms with van der Waals surface area (Å²) >= 11 is 1.60. The van der Waals surface area contributed by atoms with Crippen LogP contribution in [0.25, 0.3) is 0 Å². The zero-order valence-corrected chi connectivity index (χ0v) is 17.7. The monoisotopic (exact) mass is 418 g/mol. The number of carboxylic acid groups (broad SMARTS) is 1. The third kappa shape index (κ3) is 3.58. The maximum absolute atomic E-state index is 12.5. The van der Waals surface area contributed by atoms with Gasteiger partial charge in [-0.05, 0) is 25.3 Å². The highest BCUT2D eigenvalue weighted by Gasteiger charge is 2.60. The van der Waals surface area contributed by atoms with E-state index in [-0.39, 0.29) is 28.8 Å². The number of β-lactam (4-membered cyclic amide) rings is 1. The van der Waals surface area contributed by atoms with Gasteiger partial charge in [0, 0.05) is 40.8 Å². The third-order valence-electron chi connectivity index (χ3n) is 6.32. The molecule has 4 rings (SSSR count). The molecule has 1 aromatic rings. The number of aryl methyl sites for hydroxylation is 1. The Labute approximate surface area is 174 Å². The highest BCUT2D eigenvalue weighted by Crippen LogP contribution is 2.51. The molecule has 1 amide bonds. The van der Waals surface area contributed by atoms with Crippen LogP contribution in [-0.4, -0.2) is 57.0 Å². The molecule has 8 heteroatoms. The molecule has 0 spiro atoms. The molecule has 3 N–H and O–H groups in total. The van der Waals surface area contributed by atoms with E-state index in [9.17, 15) is 19.8 Å². The van der Waals surface area contributed by atoms with Gasteiger partial charge >= 0.3 is 5.97 Å². The second kappa shape index (κ2) is 7.74. The maximum atomic E-state index is 12.5. The van der Waals surface area contributed by atoms with Crippen LogP contribution in [-0.2, 0) is 23.1 Å². The Bertz CT molecular complexity index is 854. The number of aliphatic hydroxyl groups excluding tert-OH is 1. The molecular weight excluding hydrogens is 390 g/mol. The van der Waals surface area contributed by atoms with Crippen molar-refractivity contribution in [3.8, 4) is 0 Å². The van der Waals surface area contributed by atoms with Crippen LogP contribution in [0.15, 0.2) is 35.1 Å². The smallest absolute Gasteiger partial charge is 0.353 e. The second-order valence-corrected chi connectivity index (χ2v) is 9.77. The molecule has 2 saturated heterocycles. The number of hydrogen-bond acceptors (Lipinski definition) is 5. The fourth-order valence-electron chi connectivity index (χ4n) is 4.84. The number of aromatic nitrogens is 1.